The van der Waals surface area contributed by atoms with Gasteiger partial charge in [-0.15, -0.1) is 5.54 Å². The van der Waals surface area contributed by atoms with Crippen molar-refractivity contribution in [3.63, 3.8) is 0 Å². The molecule has 2 aromatic rings. The van der Waals surface area contributed by atoms with Crippen LogP contribution in [0.3, 0.4) is 0 Å². The lowest BCUT2D eigenvalue weighted by Crippen LogP contribution is -2.43. The van der Waals surface area contributed by atoms with Gasteiger partial charge in [0.1, 0.15) is 8.07 Å². The van der Waals surface area contributed by atoms with E-state index in [2.05, 4.69) is 53.0 Å². The number of alkyl halides is 3. The molecule has 1 aromatic carbocycles. The Morgan fingerprint density at radius 2 is 1.50 bits per heavy atom. The van der Waals surface area contributed by atoms with E-state index in [-0.39, 0.29) is 16.3 Å². The second-order valence-corrected chi connectivity index (χ2v) is 13.9. The molecule has 0 bridgehead atoms. The van der Waals surface area contributed by atoms with Crippen LogP contribution >= 0.6 is 0 Å². The molecule has 0 aliphatic rings. The van der Waals surface area contributed by atoms with Crippen molar-refractivity contribution in [1.29, 1.82) is 0 Å². The van der Waals surface area contributed by atoms with Gasteiger partial charge in [0.15, 0.2) is 0 Å². The van der Waals surface area contributed by atoms with Gasteiger partial charge in [-0.2, -0.15) is 13.2 Å². The number of hydrogen-bond acceptors (Lipinski definition) is 1. The van der Waals surface area contributed by atoms with Crippen molar-refractivity contribution in [3.05, 3.63) is 45.9 Å². The summed E-state index contributed by atoms with van der Waals surface area (Å²) in [4.78, 5) is 12.4. The lowest BCUT2D eigenvalue weighted by atomic mass is 10.0. The molecule has 0 saturated heterocycles. The van der Waals surface area contributed by atoms with Gasteiger partial charge in [-0.05, 0) is 34.8 Å². The highest BCUT2D eigenvalue weighted by molar-refractivity contribution is 6.90. The molecular formula is C22H28F3NOSi. The van der Waals surface area contributed by atoms with Crippen molar-refractivity contribution < 1.29 is 13.2 Å². The number of nitrogens with zero attached hydrogens (tertiary/aromatic N) is 1. The lowest BCUT2D eigenvalue weighted by Gasteiger charge is -2.38. The van der Waals surface area contributed by atoms with Crippen LogP contribution in [0.4, 0.5) is 13.2 Å². The Morgan fingerprint density at radius 3 is 1.96 bits per heavy atom. The number of rotatable bonds is 3. The fourth-order valence-electron chi connectivity index (χ4n) is 4.35. The molecule has 0 spiro atoms. The number of aryl methyl sites for hydroxylation is 1. The van der Waals surface area contributed by atoms with Gasteiger partial charge in [-0.25, -0.2) is 0 Å². The lowest BCUT2D eigenvalue weighted by molar-refractivity contribution is -0.137. The topological polar surface area (TPSA) is 22.0 Å². The summed E-state index contributed by atoms with van der Waals surface area (Å²) in [6.45, 7) is 13.1. The quantitative estimate of drug-likeness (QED) is 0.443. The van der Waals surface area contributed by atoms with Crippen LogP contribution in [0.15, 0.2) is 29.2 Å². The van der Waals surface area contributed by atoms with Crippen LogP contribution in [-0.2, 0) is 13.2 Å². The van der Waals surface area contributed by atoms with Gasteiger partial charge in [0.2, 0.25) is 0 Å². The molecule has 0 amide bonds. The standard InChI is InChI=1S/C22H28F3NOSi/c1-14(2)28(15(3)4,16(5)6)11-10-17-13-26(7)21(27)19-9-8-18(12-20(17)19)22(23,24)25/h8-9,12-16H,1-7H3. The molecule has 152 valence electrons. The van der Waals surface area contributed by atoms with Gasteiger partial charge in [0, 0.05) is 29.6 Å². The molecule has 0 unspecified atom stereocenters. The Kier molecular flexibility index (Phi) is 6.20. The minimum Gasteiger partial charge on any atom is -0.317 e. The summed E-state index contributed by atoms with van der Waals surface area (Å²) in [6.07, 6.45) is -2.91. The number of pyridine rings is 1. The first kappa shape index (κ1) is 22.3. The van der Waals surface area contributed by atoms with E-state index in [1.165, 1.54) is 10.6 Å². The molecule has 0 atom stereocenters. The second-order valence-electron chi connectivity index (χ2n) is 8.36. The van der Waals surface area contributed by atoms with Gasteiger partial charge in [-0.3, -0.25) is 4.79 Å². The molecule has 0 N–H and O–H groups in total. The maximum Gasteiger partial charge on any atom is 0.416 e. The highest BCUT2D eigenvalue weighted by atomic mass is 28.3. The smallest absolute Gasteiger partial charge is 0.317 e. The van der Waals surface area contributed by atoms with Crippen LogP contribution < -0.4 is 5.56 Å². The van der Waals surface area contributed by atoms with Crippen molar-refractivity contribution in [2.75, 3.05) is 0 Å². The largest absolute Gasteiger partial charge is 0.416 e. The highest BCUT2D eigenvalue weighted by Crippen LogP contribution is 2.41. The fraction of sp³-hybridized carbons (Fsp3) is 0.500. The van der Waals surface area contributed by atoms with Gasteiger partial charge >= 0.3 is 6.18 Å². The van der Waals surface area contributed by atoms with Gasteiger partial charge < -0.3 is 4.57 Å². The molecule has 0 aliphatic heterocycles. The van der Waals surface area contributed by atoms with E-state index < -0.39 is 19.8 Å². The monoisotopic (exact) mass is 407 g/mol. The summed E-state index contributed by atoms with van der Waals surface area (Å²) < 4.78 is 41.0. The van der Waals surface area contributed by atoms with E-state index in [1.807, 2.05) is 0 Å². The van der Waals surface area contributed by atoms with Crippen molar-refractivity contribution in [2.45, 2.75) is 64.3 Å². The maximum absolute atomic E-state index is 13.2. The Morgan fingerprint density at radius 1 is 0.964 bits per heavy atom. The molecule has 2 nitrogen and oxygen atoms in total. The average Bonchev–Trinajstić information content (AvgIpc) is 2.57. The third kappa shape index (κ3) is 3.91. The summed E-state index contributed by atoms with van der Waals surface area (Å²) in [6, 6.07) is 3.25. The zero-order valence-corrected chi connectivity index (χ0v) is 18.5. The normalized spacial score (nSPS) is 12.8. The van der Waals surface area contributed by atoms with Crippen LogP contribution in [0, 0.1) is 11.5 Å². The first-order valence-corrected chi connectivity index (χ1v) is 11.8. The molecule has 6 heteroatoms. The number of halogens is 3. The van der Waals surface area contributed by atoms with Crippen LogP contribution in [-0.4, -0.2) is 12.6 Å². The number of hydrogen-bond donors (Lipinski definition) is 0. The number of aromatic nitrogens is 1. The van der Waals surface area contributed by atoms with Crippen molar-refractivity contribution in [2.24, 2.45) is 7.05 Å². The van der Waals surface area contributed by atoms with Crippen molar-refractivity contribution in [3.8, 4) is 11.5 Å². The summed E-state index contributed by atoms with van der Waals surface area (Å²) in [7, 11) is -0.450. The molecule has 0 radical (unpaired) electrons. The van der Waals surface area contributed by atoms with Crippen LogP contribution in [0.5, 0.6) is 0 Å². The highest BCUT2D eigenvalue weighted by Gasteiger charge is 2.41. The molecule has 0 fully saturated rings. The predicted octanol–water partition coefficient (Wildman–Crippen LogP) is 6.13. The van der Waals surface area contributed by atoms with E-state index in [9.17, 15) is 18.0 Å². The van der Waals surface area contributed by atoms with Gasteiger partial charge in [0.05, 0.1) is 5.56 Å². The van der Waals surface area contributed by atoms with Crippen molar-refractivity contribution >= 4 is 18.8 Å². The number of benzene rings is 1. The summed E-state index contributed by atoms with van der Waals surface area (Å²) >= 11 is 0. The van der Waals surface area contributed by atoms with Crippen molar-refractivity contribution in [1.82, 2.24) is 4.57 Å². The van der Waals surface area contributed by atoms with Gasteiger partial charge in [0.25, 0.3) is 5.56 Å². The summed E-state index contributed by atoms with van der Waals surface area (Å²) in [5.74, 6) is 3.20. The summed E-state index contributed by atoms with van der Waals surface area (Å²) in [5.41, 5.74) is 4.14. The van der Waals surface area contributed by atoms with E-state index >= 15 is 0 Å². The third-order valence-corrected chi connectivity index (χ3v) is 12.1. The first-order valence-electron chi connectivity index (χ1n) is 9.56. The Bertz CT molecular complexity index is 969. The van der Waals surface area contributed by atoms with E-state index in [4.69, 9.17) is 0 Å². The molecule has 28 heavy (non-hydrogen) atoms. The molecule has 0 aliphatic carbocycles. The van der Waals surface area contributed by atoms with Crippen LogP contribution in [0.2, 0.25) is 16.6 Å². The fourth-order valence-corrected chi connectivity index (χ4v) is 9.57. The zero-order valence-electron chi connectivity index (χ0n) is 17.5. The maximum atomic E-state index is 13.2. The van der Waals surface area contributed by atoms with E-state index in [0.29, 0.717) is 22.2 Å². The Hall–Kier alpha value is -2.00. The van der Waals surface area contributed by atoms with Gasteiger partial charge in [-0.1, -0.05) is 47.5 Å². The molecule has 2 rings (SSSR count). The molecule has 1 heterocycles. The van der Waals surface area contributed by atoms with E-state index in [1.54, 1.807) is 13.2 Å². The minimum atomic E-state index is -4.47. The number of fused-ring (bicyclic) bond motifs is 1. The Balaban J connectivity index is 2.83. The molecule has 0 saturated carbocycles. The second kappa shape index (κ2) is 7.79. The first-order chi connectivity index (χ1) is 12.8. The third-order valence-electron chi connectivity index (χ3n) is 5.79. The molecule has 1 aromatic heterocycles. The SMILES string of the molecule is CC(C)[Si](C#Cc1cn(C)c(=O)c2ccc(C(F)(F)F)cc12)(C(C)C)C(C)C. The Labute approximate surface area is 165 Å². The molecular weight excluding hydrogens is 379 g/mol. The van der Waals surface area contributed by atoms with E-state index in [0.717, 1.165) is 12.1 Å². The summed E-state index contributed by atoms with van der Waals surface area (Å²) in [5, 5.41) is 0.526. The minimum absolute atomic E-state index is 0.258. The average molecular weight is 408 g/mol. The zero-order chi connectivity index (χ0) is 21.4. The predicted molar refractivity (Wildman–Crippen MR) is 112 cm³/mol. The van der Waals surface area contributed by atoms with Crippen LogP contribution in [0.25, 0.3) is 10.8 Å². The van der Waals surface area contributed by atoms with Crippen LogP contribution in [0.1, 0.15) is 52.7 Å².